The van der Waals surface area contributed by atoms with Crippen LogP contribution in [0.15, 0.2) is 24.3 Å². The Morgan fingerprint density at radius 3 is 2.61 bits per heavy atom. The van der Waals surface area contributed by atoms with Gasteiger partial charge in [-0.1, -0.05) is 12.1 Å². The zero-order valence-corrected chi connectivity index (χ0v) is 12.2. The van der Waals surface area contributed by atoms with Gasteiger partial charge in [0, 0.05) is 3.57 Å². The number of nitrogens with zero attached hydrogens (tertiary/aromatic N) is 3. The van der Waals surface area contributed by atoms with Gasteiger partial charge in [-0.25, -0.2) is 0 Å². The number of benzene rings is 1. The van der Waals surface area contributed by atoms with Gasteiger partial charge >= 0.3 is 0 Å². The molecule has 0 unspecified atom stereocenters. The summed E-state index contributed by atoms with van der Waals surface area (Å²) >= 11 is 2.23. The number of hydrogen-bond donors (Lipinski definition) is 1. The van der Waals surface area contributed by atoms with Crippen LogP contribution in [0.3, 0.4) is 0 Å². The molecule has 0 radical (unpaired) electrons. The van der Waals surface area contributed by atoms with Gasteiger partial charge in [-0.05, 0) is 54.1 Å². The van der Waals surface area contributed by atoms with E-state index in [-0.39, 0.29) is 0 Å². The monoisotopic (exact) mass is 350 g/mol. The first-order valence-electron chi connectivity index (χ1n) is 5.39. The lowest BCUT2D eigenvalue weighted by Gasteiger charge is -2.10. The van der Waals surface area contributed by atoms with Gasteiger partial charge < -0.3 is 5.32 Å². The largest absolute Gasteiger partial charge is 0.337 e. The molecule has 0 saturated heterocycles. The number of anilines is 2. The van der Waals surface area contributed by atoms with Crippen molar-refractivity contribution in [3.8, 4) is 6.07 Å². The van der Waals surface area contributed by atoms with E-state index >= 15 is 0 Å². The molecule has 0 bridgehead atoms. The third kappa shape index (κ3) is 2.43. The Morgan fingerprint density at radius 2 is 1.94 bits per heavy atom. The Hall–Kier alpha value is -1.68. The number of para-hydroxylation sites is 1. The molecule has 5 heteroatoms. The van der Waals surface area contributed by atoms with Crippen LogP contribution in [-0.2, 0) is 0 Å². The summed E-state index contributed by atoms with van der Waals surface area (Å²) in [7, 11) is 0. The quantitative estimate of drug-likeness (QED) is 0.845. The number of nitrogens with one attached hydrogen (secondary N) is 1. The summed E-state index contributed by atoms with van der Waals surface area (Å²) in [5, 5.41) is 20.5. The highest BCUT2D eigenvalue weighted by Gasteiger charge is 2.11. The van der Waals surface area contributed by atoms with Gasteiger partial charge in [-0.15, -0.1) is 5.10 Å². The normalized spacial score (nSPS) is 9.89. The zero-order chi connectivity index (χ0) is 13.1. The van der Waals surface area contributed by atoms with Crippen molar-refractivity contribution in [1.82, 2.24) is 10.2 Å². The number of rotatable bonds is 2. The van der Waals surface area contributed by atoms with Gasteiger partial charge in [0.2, 0.25) is 0 Å². The van der Waals surface area contributed by atoms with Crippen LogP contribution in [0, 0.1) is 28.7 Å². The van der Waals surface area contributed by atoms with Gasteiger partial charge in [0.15, 0.2) is 5.82 Å². The van der Waals surface area contributed by atoms with E-state index in [2.05, 4.69) is 44.2 Å². The molecular formula is C13H11IN4. The van der Waals surface area contributed by atoms with Gasteiger partial charge in [0.1, 0.15) is 11.6 Å². The molecule has 1 aromatic carbocycles. The molecule has 0 aliphatic carbocycles. The number of hydrogen-bond acceptors (Lipinski definition) is 4. The second-order valence-corrected chi connectivity index (χ2v) is 5.01. The number of aromatic nitrogens is 2. The van der Waals surface area contributed by atoms with E-state index < -0.39 is 0 Å². The molecule has 1 aromatic heterocycles. The van der Waals surface area contributed by atoms with E-state index in [9.17, 15) is 5.26 Å². The molecule has 2 aromatic rings. The highest BCUT2D eigenvalue weighted by Crippen LogP contribution is 2.24. The first-order chi connectivity index (χ1) is 8.63. The molecule has 18 heavy (non-hydrogen) atoms. The molecule has 1 N–H and O–H groups in total. The molecule has 0 aliphatic rings. The van der Waals surface area contributed by atoms with Gasteiger partial charge in [0.05, 0.1) is 11.4 Å². The summed E-state index contributed by atoms with van der Waals surface area (Å²) in [4.78, 5) is 0. The van der Waals surface area contributed by atoms with E-state index in [1.54, 1.807) is 0 Å². The second-order valence-electron chi connectivity index (χ2n) is 3.85. The molecule has 0 fully saturated rings. The van der Waals surface area contributed by atoms with Gasteiger partial charge in [0.25, 0.3) is 0 Å². The maximum absolute atomic E-state index is 9.21. The van der Waals surface area contributed by atoms with Crippen LogP contribution in [0.4, 0.5) is 11.5 Å². The van der Waals surface area contributed by atoms with Gasteiger partial charge in [-0.3, -0.25) is 0 Å². The fourth-order valence-corrected chi connectivity index (χ4v) is 2.05. The lowest BCUT2D eigenvalue weighted by molar-refractivity contribution is 0.960. The topological polar surface area (TPSA) is 61.6 Å². The fourth-order valence-electron chi connectivity index (χ4n) is 1.52. The predicted octanol–water partition coefficient (Wildman–Crippen LogP) is 3.31. The van der Waals surface area contributed by atoms with Crippen LogP contribution in [0.25, 0.3) is 0 Å². The second kappa shape index (κ2) is 5.31. The molecule has 0 spiro atoms. The minimum Gasteiger partial charge on any atom is -0.337 e. The molecule has 2 rings (SSSR count). The maximum Gasteiger partial charge on any atom is 0.171 e. The Kier molecular flexibility index (Phi) is 3.77. The smallest absolute Gasteiger partial charge is 0.171 e. The first kappa shape index (κ1) is 12.8. The van der Waals surface area contributed by atoms with Crippen LogP contribution in [-0.4, -0.2) is 10.2 Å². The lowest BCUT2D eigenvalue weighted by Crippen LogP contribution is -2.04. The van der Waals surface area contributed by atoms with Crippen LogP contribution in [0.1, 0.15) is 16.8 Å². The molecule has 0 atom stereocenters. The summed E-state index contributed by atoms with van der Waals surface area (Å²) in [5.74, 6) is 0.504. The maximum atomic E-state index is 9.21. The van der Waals surface area contributed by atoms with E-state index in [4.69, 9.17) is 0 Å². The van der Waals surface area contributed by atoms with Crippen molar-refractivity contribution in [2.75, 3.05) is 5.32 Å². The Balaban J connectivity index is 2.45. The predicted molar refractivity (Wildman–Crippen MR) is 78.7 cm³/mol. The van der Waals surface area contributed by atoms with Crippen molar-refractivity contribution in [3.63, 3.8) is 0 Å². The van der Waals surface area contributed by atoms with E-state index in [0.29, 0.717) is 11.4 Å². The van der Waals surface area contributed by atoms with Crippen LogP contribution < -0.4 is 5.32 Å². The van der Waals surface area contributed by atoms with Gasteiger partial charge in [-0.2, -0.15) is 10.4 Å². The summed E-state index contributed by atoms with van der Waals surface area (Å²) in [6.07, 6.45) is 0. The first-order valence-corrected chi connectivity index (χ1v) is 6.47. The Bertz CT molecular complexity index is 631. The minimum absolute atomic E-state index is 0.504. The third-order valence-electron chi connectivity index (χ3n) is 2.69. The van der Waals surface area contributed by atoms with Crippen molar-refractivity contribution >= 4 is 34.1 Å². The van der Waals surface area contributed by atoms with E-state index in [0.717, 1.165) is 20.5 Å². The van der Waals surface area contributed by atoms with Crippen LogP contribution in [0.5, 0.6) is 0 Å². The summed E-state index contributed by atoms with van der Waals surface area (Å²) < 4.78 is 1.07. The molecule has 0 amide bonds. The highest BCUT2D eigenvalue weighted by atomic mass is 127. The number of nitriles is 1. The lowest BCUT2D eigenvalue weighted by atomic mass is 10.1. The summed E-state index contributed by atoms with van der Waals surface area (Å²) in [6, 6.07) is 10.0. The molecule has 1 heterocycles. The zero-order valence-electron chi connectivity index (χ0n) is 10.0. The Labute approximate surface area is 119 Å². The highest BCUT2D eigenvalue weighted by molar-refractivity contribution is 14.1. The average Bonchev–Trinajstić information content (AvgIpc) is 2.37. The van der Waals surface area contributed by atoms with E-state index in [1.807, 2.05) is 38.1 Å². The molecule has 4 nitrogen and oxygen atoms in total. The summed E-state index contributed by atoms with van der Waals surface area (Å²) in [5.41, 5.74) is 3.11. The van der Waals surface area contributed by atoms with Crippen molar-refractivity contribution in [2.24, 2.45) is 0 Å². The van der Waals surface area contributed by atoms with Crippen molar-refractivity contribution < 1.29 is 0 Å². The van der Waals surface area contributed by atoms with Crippen molar-refractivity contribution in [3.05, 3.63) is 44.7 Å². The van der Waals surface area contributed by atoms with Crippen LogP contribution in [0.2, 0.25) is 0 Å². The average molecular weight is 350 g/mol. The molecule has 0 saturated carbocycles. The number of aryl methyl sites for hydroxylation is 1. The van der Waals surface area contributed by atoms with Crippen molar-refractivity contribution in [2.45, 2.75) is 13.8 Å². The molecular weight excluding hydrogens is 339 g/mol. The van der Waals surface area contributed by atoms with Crippen LogP contribution >= 0.6 is 22.6 Å². The molecule has 0 aliphatic heterocycles. The summed E-state index contributed by atoms with van der Waals surface area (Å²) in [6.45, 7) is 3.73. The third-order valence-corrected chi connectivity index (χ3v) is 3.63. The molecule has 90 valence electrons. The minimum atomic E-state index is 0.504. The van der Waals surface area contributed by atoms with E-state index in [1.165, 1.54) is 0 Å². The fraction of sp³-hybridized carbons (Fsp3) is 0.154. The standard InChI is InChI=1S/C13H11IN4/c1-8-9(2)17-18-13(10(8)7-15)16-12-6-4-3-5-11(12)14/h3-6H,1-2H3,(H,16,18). The SMILES string of the molecule is Cc1nnc(Nc2ccccc2I)c(C#N)c1C. The van der Waals surface area contributed by atoms with Crippen molar-refractivity contribution in [1.29, 1.82) is 5.26 Å². The Morgan fingerprint density at radius 1 is 1.22 bits per heavy atom. The number of halogens is 1.